The van der Waals surface area contributed by atoms with E-state index in [0.29, 0.717) is 6.61 Å². The van der Waals surface area contributed by atoms with E-state index in [1.807, 2.05) is 26.0 Å². The van der Waals surface area contributed by atoms with Crippen molar-refractivity contribution < 1.29 is 9.53 Å². The maximum Gasteiger partial charge on any atom is 0.261 e. The van der Waals surface area contributed by atoms with Crippen molar-refractivity contribution in [3.05, 3.63) is 60.7 Å². The summed E-state index contributed by atoms with van der Waals surface area (Å²) in [7, 11) is -2.57. The third-order valence-electron chi connectivity index (χ3n) is 5.34. The molecule has 0 saturated carbocycles. The van der Waals surface area contributed by atoms with Crippen molar-refractivity contribution in [2.75, 3.05) is 6.61 Å². The van der Waals surface area contributed by atoms with Crippen LogP contribution in [0.1, 0.15) is 34.6 Å². The first kappa shape index (κ1) is 21.4. The highest BCUT2D eigenvalue weighted by Gasteiger charge is 2.50. The van der Waals surface area contributed by atoms with Crippen molar-refractivity contribution in [1.82, 2.24) is 0 Å². The molecule has 0 fully saturated rings. The molecule has 0 saturated heterocycles. The van der Waals surface area contributed by atoms with Crippen molar-refractivity contribution in [2.45, 2.75) is 45.8 Å². The first-order chi connectivity index (χ1) is 12.7. The normalized spacial score (nSPS) is 15.6. The van der Waals surface area contributed by atoms with Crippen LogP contribution in [0.25, 0.3) is 0 Å². The molecule has 1 N–H and O–H groups in total. The Morgan fingerprint density at radius 1 is 0.963 bits per heavy atom. The molecule has 0 aliphatic heterocycles. The van der Waals surface area contributed by atoms with Gasteiger partial charge in [0.15, 0.2) is 0 Å². The Morgan fingerprint density at radius 2 is 1.41 bits per heavy atom. The lowest BCUT2D eigenvalue weighted by Crippen LogP contribution is -2.67. The van der Waals surface area contributed by atoms with Crippen LogP contribution in [-0.2, 0) is 4.43 Å². The molecule has 0 aromatic heterocycles. The first-order valence-electron chi connectivity index (χ1n) is 9.63. The van der Waals surface area contributed by atoms with E-state index >= 15 is 0 Å². The molecule has 2 aromatic rings. The molecule has 27 heavy (non-hydrogen) atoms. The van der Waals surface area contributed by atoms with Gasteiger partial charge in [0, 0.05) is 18.4 Å². The maximum absolute atomic E-state index is 10.5. The Bertz CT molecular complexity index is 704. The molecule has 3 heteroatoms. The average Bonchev–Trinajstić information content (AvgIpc) is 2.67. The van der Waals surface area contributed by atoms with Crippen molar-refractivity contribution in [2.24, 2.45) is 11.8 Å². The zero-order valence-electron chi connectivity index (χ0n) is 17.1. The minimum atomic E-state index is -2.57. The molecular weight excluding hydrogens is 348 g/mol. The van der Waals surface area contributed by atoms with Crippen LogP contribution in [0.5, 0.6) is 0 Å². The molecule has 144 valence electrons. The lowest BCUT2D eigenvalue weighted by Gasteiger charge is -2.44. The summed E-state index contributed by atoms with van der Waals surface area (Å²) in [5.41, 5.74) is 0. The smallest absolute Gasteiger partial charge is 0.261 e. The third kappa shape index (κ3) is 4.52. The summed E-state index contributed by atoms with van der Waals surface area (Å²) >= 11 is 0. The zero-order chi connectivity index (χ0) is 20.1. The molecule has 0 bridgehead atoms. The van der Waals surface area contributed by atoms with Crippen molar-refractivity contribution in [1.29, 1.82) is 0 Å². The molecule has 0 unspecified atom stereocenters. The number of aliphatic hydroxyl groups is 1. The van der Waals surface area contributed by atoms with Gasteiger partial charge in [0.1, 0.15) is 0 Å². The summed E-state index contributed by atoms with van der Waals surface area (Å²) < 4.78 is 6.85. The van der Waals surface area contributed by atoms with Crippen LogP contribution in [-0.4, -0.2) is 26.1 Å². The topological polar surface area (TPSA) is 29.5 Å². The molecule has 0 heterocycles. The summed E-state index contributed by atoms with van der Waals surface area (Å²) in [5.74, 6) is 2.41. The Labute approximate surface area is 165 Å². The van der Waals surface area contributed by atoms with Crippen LogP contribution < -0.4 is 10.4 Å². The van der Waals surface area contributed by atoms with Gasteiger partial charge in [0.2, 0.25) is 0 Å². The quantitative estimate of drug-likeness (QED) is 0.584. The lowest BCUT2D eigenvalue weighted by atomic mass is 9.95. The van der Waals surface area contributed by atoms with Crippen LogP contribution in [0.15, 0.2) is 60.7 Å². The van der Waals surface area contributed by atoms with Gasteiger partial charge < -0.3 is 9.53 Å². The summed E-state index contributed by atoms with van der Waals surface area (Å²) in [6, 6.07) is 21.1. The average molecular weight is 381 g/mol. The second kappa shape index (κ2) is 8.88. The molecular formula is C24H32O2Si. The molecule has 2 rings (SSSR count). The largest absolute Gasteiger partial charge is 0.407 e. The highest BCUT2D eigenvalue weighted by atomic mass is 28.4. The standard InChI is InChI=1S/C24H32O2Si/c1-7-19(2)23(25)20(3)18-26-27(24(4,5)6,21-14-10-8-11-15-21)22-16-12-9-13-17-22/h1,8-17,19-20,23,25H,18H2,2-6H3/t19-,20-,23-/m0/s1. The number of hydrogen-bond acceptors (Lipinski definition) is 2. The van der Waals surface area contributed by atoms with E-state index in [9.17, 15) is 5.11 Å². The molecule has 0 radical (unpaired) electrons. The zero-order valence-corrected chi connectivity index (χ0v) is 18.1. The van der Waals surface area contributed by atoms with Gasteiger partial charge in [-0.05, 0) is 22.3 Å². The lowest BCUT2D eigenvalue weighted by molar-refractivity contribution is 0.0577. The van der Waals surface area contributed by atoms with Crippen molar-refractivity contribution in [3.63, 3.8) is 0 Å². The molecule has 0 spiro atoms. The molecule has 0 amide bonds. The van der Waals surface area contributed by atoms with E-state index < -0.39 is 14.4 Å². The van der Waals surface area contributed by atoms with E-state index in [2.05, 4.69) is 75.2 Å². The van der Waals surface area contributed by atoms with Crippen LogP contribution in [0.3, 0.4) is 0 Å². The predicted molar refractivity (Wildman–Crippen MR) is 117 cm³/mol. The Balaban J connectivity index is 2.49. The summed E-state index contributed by atoms with van der Waals surface area (Å²) in [6.07, 6.45) is 4.93. The Kier molecular flexibility index (Phi) is 7.05. The number of aliphatic hydroxyl groups excluding tert-OH is 1. The maximum atomic E-state index is 10.5. The highest BCUT2D eigenvalue weighted by molar-refractivity contribution is 6.99. The van der Waals surface area contributed by atoms with Crippen LogP contribution in [0.4, 0.5) is 0 Å². The second-order valence-corrected chi connectivity index (χ2v) is 12.7. The Morgan fingerprint density at radius 3 is 1.78 bits per heavy atom. The number of hydrogen-bond donors (Lipinski definition) is 1. The van der Waals surface area contributed by atoms with E-state index in [1.165, 1.54) is 10.4 Å². The van der Waals surface area contributed by atoms with Crippen LogP contribution in [0.2, 0.25) is 5.04 Å². The number of rotatable bonds is 7. The Hall–Kier alpha value is -1.86. The van der Waals surface area contributed by atoms with Crippen LogP contribution >= 0.6 is 0 Å². The minimum absolute atomic E-state index is 0.0438. The monoisotopic (exact) mass is 380 g/mol. The molecule has 0 aliphatic carbocycles. The van der Waals surface area contributed by atoms with Gasteiger partial charge in [-0.3, -0.25) is 0 Å². The molecule has 2 aromatic carbocycles. The minimum Gasteiger partial charge on any atom is -0.407 e. The van der Waals surface area contributed by atoms with Crippen molar-refractivity contribution in [3.8, 4) is 12.3 Å². The molecule has 2 nitrogen and oxygen atoms in total. The fourth-order valence-corrected chi connectivity index (χ4v) is 8.38. The van der Waals surface area contributed by atoms with Gasteiger partial charge in [-0.25, -0.2) is 0 Å². The van der Waals surface area contributed by atoms with E-state index in [4.69, 9.17) is 10.8 Å². The second-order valence-electron chi connectivity index (χ2n) is 8.40. The van der Waals surface area contributed by atoms with Gasteiger partial charge in [0.25, 0.3) is 8.32 Å². The van der Waals surface area contributed by atoms with Crippen molar-refractivity contribution >= 4 is 18.7 Å². The fourth-order valence-electron chi connectivity index (χ4n) is 3.71. The summed E-state index contributed by atoms with van der Waals surface area (Å²) in [5, 5.41) is 12.9. The predicted octanol–water partition coefficient (Wildman–Crippen LogP) is 3.83. The van der Waals surface area contributed by atoms with Gasteiger partial charge >= 0.3 is 0 Å². The van der Waals surface area contributed by atoms with E-state index in [0.717, 1.165) is 0 Å². The fraction of sp³-hybridized carbons (Fsp3) is 0.417. The van der Waals surface area contributed by atoms with E-state index in [-0.39, 0.29) is 16.9 Å². The number of terminal acetylenes is 1. The first-order valence-corrected chi connectivity index (χ1v) is 11.5. The third-order valence-corrected chi connectivity index (χ3v) is 10.3. The summed E-state index contributed by atoms with van der Waals surface area (Å²) in [4.78, 5) is 0. The van der Waals surface area contributed by atoms with Gasteiger partial charge in [-0.2, -0.15) is 0 Å². The van der Waals surface area contributed by atoms with Gasteiger partial charge in [-0.15, -0.1) is 12.3 Å². The SMILES string of the molecule is C#C[C@H](C)[C@H](O)[C@@H](C)CO[Si](c1ccccc1)(c1ccccc1)C(C)(C)C. The van der Waals surface area contributed by atoms with Crippen LogP contribution in [0, 0.1) is 24.2 Å². The summed E-state index contributed by atoms with van der Waals surface area (Å²) in [6.45, 7) is 11.1. The van der Waals surface area contributed by atoms with E-state index in [1.54, 1.807) is 0 Å². The number of benzene rings is 2. The molecule has 3 atom stereocenters. The van der Waals surface area contributed by atoms with Gasteiger partial charge in [-0.1, -0.05) is 88.4 Å². The van der Waals surface area contributed by atoms with Gasteiger partial charge in [0.05, 0.1) is 6.10 Å². The highest BCUT2D eigenvalue weighted by Crippen LogP contribution is 2.37. The molecule has 0 aliphatic rings.